The predicted molar refractivity (Wildman–Crippen MR) is 144 cm³/mol. The molecule has 0 fully saturated rings. The third-order valence-electron chi connectivity index (χ3n) is 6.27. The lowest BCUT2D eigenvalue weighted by Gasteiger charge is -2.21. The highest BCUT2D eigenvalue weighted by Gasteiger charge is 2.27. The number of carbonyl (C=O) groups excluding carboxylic acids is 2. The van der Waals surface area contributed by atoms with E-state index in [4.69, 9.17) is 4.74 Å². The largest absolute Gasteiger partial charge is 0.497 e. The molecule has 0 aliphatic heterocycles. The number of Topliss-reactive ketones (excluding diaryl/α,β-unsaturated/α-hetero) is 1. The summed E-state index contributed by atoms with van der Waals surface area (Å²) in [5, 5.41) is 5.70. The van der Waals surface area contributed by atoms with Crippen LogP contribution in [0.4, 0.5) is 4.39 Å². The van der Waals surface area contributed by atoms with Gasteiger partial charge in [-0.05, 0) is 37.3 Å². The number of rotatable bonds is 7. The fourth-order valence-electron chi connectivity index (χ4n) is 4.27. The highest BCUT2D eigenvalue weighted by Crippen LogP contribution is 2.31. The van der Waals surface area contributed by atoms with Gasteiger partial charge < -0.3 is 4.74 Å². The first kappa shape index (κ1) is 25.8. The van der Waals surface area contributed by atoms with E-state index in [1.54, 1.807) is 54.3 Å². The third kappa shape index (κ3) is 4.44. The maximum atomic E-state index is 14.4. The Morgan fingerprint density at radius 3 is 2.56 bits per heavy atom. The molecule has 198 valence electrons. The van der Waals surface area contributed by atoms with E-state index in [-0.39, 0.29) is 15.8 Å². The monoisotopic (exact) mass is 547 g/mol. The molecular formula is C27H22FN5O5S. The molecule has 3 aromatic heterocycles. The van der Waals surface area contributed by atoms with Crippen LogP contribution in [-0.2, 0) is 6.54 Å². The standard InChI is InChI=1S/C27H22FN5O5S/c1-16-22-24(36)33(30(2)23(35)19-10-4-5-11-20(19)28)27(37)31(26(22)39-25(16)32-13-7-12-29-32)15-21(34)17-8-6-9-18(14-17)38-3/h4-14H,15H2,1-3H3. The molecule has 0 saturated carbocycles. The SMILES string of the molecule is COc1cccc(C(=O)Cn2c(=O)n(N(C)C(=O)c3ccccc3F)c(=O)c3c(C)c(-n4cccn4)sc32)c1. The van der Waals surface area contributed by atoms with Crippen molar-refractivity contribution < 1.29 is 18.7 Å². The van der Waals surface area contributed by atoms with Gasteiger partial charge in [-0.2, -0.15) is 9.77 Å². The van der Waals surface area contributed by atoms with Crippen LogP contribution in [0.25, 0.3) is 15.2 Å². The molecule has 0 radical (unpaired) electrons. The molecule has 5 rings (SSSR count). The molecule has 0 N–H and O–H groups in total. The predicted octanol–water partition coefficient (Wildman–Crippen LogP) is 3.16. The van der Waals surface area contributed by atoms with Crippen LogP contribution in [-0.4, -0.2) is 44.9 Å². The Labute approximate surface area is 224 Å². The van der Waals surface area contributed by atoms with Crippen molar-refractivity contribution in [2.45, 2.75) is 13.5 Å². The number of carbonyl (C=O) groups is 2. The van der Waals surface area contributed by atoms with E-state index in [2.05, 4.69) is 5.10 Å². The molecule has 12 heteroatoms. The number of fused-ring (bicyclic) bond motifs is 1. The fraction of sp³-hybridized carbons (Fsp3) is 0.148. The van der Waals surface area contributed by atoms with Gasteiger partial charge in [-0.15, -0.1) is 0 Å². The Kier molecular flexibility index (Phi) is 6.71. The van der Waals surface area contributed by atoms with E-state index >= 15 is 0 Å². The summed E-state index contributed by atoms with van der Waals surface area (Å²) in [6.45, 7) is 1.27. The number of aromatic nitrogens is 4. The second kappa shape index (κ2) is 10.1. The Morgan fingerprint density at radius 2 is 1.87 bits per heavy atom. The highest BCUT2D eigenvalue weighted by atomic mass is 32.1. The highest BCUT2D eigenvalue weighted by molar-refractivity contribution is 7.21. The third-order valence-corrected chi connectivity index (χ3v) is 7.58. The topological polar surface area (TPSA) is 108 Å². The van der Waals surface area contributed by atoms with E-state index in [1.807, 2.05) is 0 Å². The van der Waals surface area contributed by atoms with Gasteiger partial charge in [0, 0.05) is 30.6 Å². The average Bonchev–Trinajstić information content (AvgIpc) is 3.59. The van der Waals surface area contributed by atoms with Crippen molar-refractivity contribution in [3.8, 4) is 10.8 Å². The van der Waals surface area contributed by atoms with Crippen LogP contribution in [0.3, 0.4) is 0 Å². The molecule has 0 spiro atoms. The molecule has 10 nitrogen and oxygen atoms in total. The van der Waals surface area contributed by atoms with E-state index < -0.39 is 35.3 Å². The number of amides is 1. The molecular weight excluding hydrogens is 525 g/mol. The number of ketones is 1. The van der Waals surface area contributed by atoms with Crippen molar-refractivity contribution in [1.82, 2.24) is 19.0 Å². The summed E-state index contributed by atoms with van der Waals surface area (Å²) in [4.78, 5) is 54.3. The number of ether oxygens (including phenoxy) is 1. The van der Waals surface area contributed by atoms with Crippen LogP contribution in [0.1, 0.15) is 26.3 Å². The Hall–Kier alpha value is -4.84. The van der Waals surface area contributed by atoms with Gasteiger partial charge in [0.1, 0.15) is 21.4 Å². The molecule has 0 unspecified atom stereocenters. The summed E-state index contributed by atoms with van der Waals surface area (Å²) in [6, 6.07) is 13.4. The summed E-state index contributed by atoms with van der Waals surface area (Å²) in [6.07, 6.45) is 3.26. The minimum Gasteiger partial charge on any atom is -0.497 e. The van der Waals surface area contributed by atoms with Crippen LogP contribution >= 0.6 is 11.3 Å². The second-order valence-electron chi connectivity index (χ2n) is 8.61. The summed E-state index contributed by atoms with van der Waals surface area (Å²) in [7, 11) is 2.68. The van der Waals surface area contributed by atoms with Crippen LogP contribution in [0, 0.1) is 12.7 Å². The lowest BCUT2D eigenvalue weighted by molar-refractivity contribution is 0.0960. The van der Waals surface area contributed by atoms with Crippen LogP contribution in [0.2, 0.25) is 0 Å². The van der Waals surface area contributed by atoms with Crippen LogP contribution in [0.5, 0.6) is 5.75 Å². The second-order valence-corrected chi connectivity index (χ2v) is 9.59. The van der Waals surface area contributed by atoms with Crippen LogP contribution in [0.15, 0.2) is 76.6 Å². The Balaban J connectivity index is 1.73. The molecule has 39 heavy (non-hydrogen) atoms. The summed E-state index contributed by atoms with van der Waals surface area (Å²) in [5.41, 5.74) is -1.22. The van der Waals surface area contributed by atoms with Gasteiger partial charge in [0.25, 0.3) is 11.5 Å². The lowest BCUT2D eigenvalue weighted by Crippen LogP contribution is -2.53. The molecule has 5 aromatic rings. The van der Waals surface area contributed by atoms with E-state index in [9.17, 15) is 23.6 Å². The quantitative estimate of drug-likeness (QED) is 0.290. The molecule has 1 amide bonds. The molecule has 0 atom stereocenters. The maximum Gasteiger partial charge on any atom is 0.352 e. The van der Waals surface area contributed by atoms with Gasteiger partial charge in [-0.25, -0.2) is 18.9 Å². The molecule has 0 bridgehead atoms. The number of hydrogen-bond acceptors (Lipinski definition) is 7. The first-order chi connectivity index (χ1) is 18.7. The molecule has 0 aliphatic carbocycles. The van der Waals surface area contributed by atoms with E-state index in [0.717, 1.165) is 27.0 Å². The Morgan fingerprint density at radius 1 is 1.10 bits per heavy atom. The van der Waals surface area contributed by atoms with Crippen molar-refractivity contribution in [3.05, 3.63) is 110 Å². The van der Waals surface area contributed by atoms with Crippen molar-refractivity contribution in [2.75, 3.05) is 19.2 Å². The number of methoxy groups -OCH3 is 1. The molecule has 0 saturated heterocycles. The van der Waals surface area contributed by atoms with Crippen LogP contribution < -0.4 is 21.0 Å². The lowest BCUT2D eigenvalue weighted by atomic mass is 10.1. The zero-order valence-corrected chi connectivity index (χ0v) is 21.9. The van der Waals surface area contributed by atoms with Crippen molar-refractivity contribution in [2.24, 2.45) is 0 Å². The molecule has 0 aliphatic rings. The summed E-state index contributed by atoms with van der Waals surface area (Å²) in [5.74, 6) is -1.66. The number of thiophene rings is 1. The number of halogens is 1. The normalized spacial score (nSPS) is 11.1. The molecule has 2 aromatic carbocycles. The summed E-state index contributed by atoms with van der Waals surface area (Å²) >= 11 is 1.12. The van der Waals surface area contributed by atoms with Crippen molar-refractivity contribution in [1.29, 1.82) is 0 Å². The minimum absolute atomic E-state index is 0.136. The number of benzene rings is 2. The Bertz CT molecular complexity index is 1850. The van der Waals surface area contributed by atoms with Gasteiger partial charge in [-0.3, -0.25) is 19.0 Å². The van der Waals surface area contributed by atoms with Gasteiger partial charge in [0.15, 0.2) is 5.78 Å². The van der Waals surface area contributed by atoms with Gasteiger partial charge in [-0.1, -0.05) is 35.6 Å². The minimum atomic E-state index is -0.927. The number of aryl methyl sites for hydroxylation is 1. The first-order valence-corrected chi connectivity index (χ1v) is 12.5. The molecule has 3 heterocycles. The summed E-state index contributed by atoms with van der Waals surface area (Å²) < 4.78 is 22.9. The van der Waals surface area contributed by atoms with Gasteiger partial charge in [0.2, 0.25) is 0 Å². The first-order valence-electron chi connectivity index (χ1n) is 11.7. The van der Waals surface area contributed by atoms with E-state index in [1.165, 1.54) is 32.4 Å². The van der Waals surface area contributed by atoms with Crippen molar-refractivity contribution in [3.63, 3.8) is 0 Å². The average molecular weight is 548 g/mol. The van der Waals surface area contributed by atoms with Gasteiger partial charge >= 0.3 is 5.69 Å². The smallest absolute Gasteiger partial charge is 0.352 e. The number of nitrogens with zero attached hydrogens (tertiary/aromatic N) is 5. The maximum absolute atomic E-state index is 14.4. The zero-order chi connectivity index (χ0) is 27.8. The van der Waals surface area contributed by atoms with Gasteiger partial charge in [0.05, 0.1) is 24.6 Å². The zero-order valence-electron chi connectivity index (χ0n) is 21.1. The van der Waals surface area contributed by atoms with E-state index in [0.29, 0.717) is 26.6 Å². The number of hydrogen-bond donors (Lipinski definition) is 0. The fourth-order valence-corrected chi connectivity index (χ4v) is 5.50. The van der Waals surface area contributed by atoms with Crippen molar-refractivity contribution >= 4 is 33.2 Å².